The number of esters is 1. The molecule has 3 saturated heterocycles. The van der Waals surface area contributed by atoms with Gasteiger partial charge >= 0.3 is 5.97 Å². The van der Waals surface area contributed by atoms with Gasteiger partial charge in [-0.1, -0.05) is 6.92 Å². The second-order valence-corrected chi connectivity index (χ2v) is 14.5. The fraction of sp³-hybridized carbons (Fsp3) is 0.621. The van der Waals surface area contributed by atoms with Gasteiger partial charge in [0.25, 0.3) is 13.3 Å². The molecule has 13 nitrogen and oxygen atoms in total. The summed E-state index contributed by atoms with van der Waals surface area (Å²) in [6, 6.07) is 6.08. The molecule has 15 heteroatoms. The number of ether oxygens (including phenoxy) is 1. The summed E-state index contributed by atoms with van der Waals surface area (Å²) >= 11 is 1.43. The number of hydrogen-bond donors (Lipinski definition) is 0. The molecule has 1 amide bonds. The lowest BCUT2D eigenvalue weighted by molar-refractivity contribution is -0.384. The van der Waals surface area contributed by atoms with E-state index in [1.165, 1.54) is 47.0 Å². The summed E-state index contributed by atoms with van der Waals surface area (Å²) in [5.74, 6) is 0.489. The molecule has 1 aromatic carbocycles. The van der Waals surface area contributed by atoms with Crippen LogP contribution in [0.4, 0.5) is 5.69 Å². The number of carbonyl (C=O) groups is 2. The average molecular weight is 653 g/mol. The van der Waals surface area contributed by atoms with Crippen LogP contribution in [0.2, 0.25) is 0 Å². The molecule has 2 bridgehead atoms. The molecule has 44 heavy (non-hydrogen) atoms. The normalized spacial score (nSPS) is 25.3. The van der Waals surface area contributed by atoms with E-state index in [2.05, 4.69) is 23.8 Å². The number of non-ortho nitro benzene ring substituents is 1. The zero-order chi connectivity index (χ0) is 32.1. The van der Waals surface area contributed by atoms with E-state index < -0.39 is 29.1 Å². The minimum Gasteiger partial charge on any atom is -0.456 e. The highest BCUT2D eigenvalue weighted by molar-refractivity contribution is 8.02. The van der Waals surface area contributed by atoms with E-state index in [1.54, 1.807) is 20.8 Å². The highest BCUT2D eigenvalue weighted by Crippen LogP contribution is 2.56. The van der Waals surface area contributed by atoms with Crippen molar-refractivity contribution in [3.8, 4) is 0 Å². The van der Waals surface area contributed by atoms with Gasteiger partial charge in [0.1, 0.15) is 17.3 Å². The molecule has 0 saturated carbocycles. The number of nitro benzene ring substituents is 1. The smallest absolute Gasteiger partial charge is 0.362 e. The molecule has 3 fully saturated rings. The molecule has 0 aromatic heterocycles. The monoisotopic (exact) mass is 652 g/mol. The van der Waals surface area contributed by atoms with Crippen LogP contribution in [0, 0.1) is 10.1 Å². The predicted molar refractivity (Wildman–Crippen MR) is 168 cm³/mol. The first kappa shape index (κ1) is 34.3. The average Bonchev–Trinajstić information content (AvgIpc) is 3.60. The number of nitro groups is 1. The number of amides is 1. The molecule has 3 heterocycles. The summed E-state index contributed by atoms with van der Waals surface area (Å²) in [5.41, 5.74) is 0.235. The lowest BCUT2D eigenvalue weighted by Gasteiger charge is -2.50. The van der Waals surface area contributed by atoms with Crippen LogP contribution in [0.1, 0.15) is 46.1 Å². The number of thioether (sulfide) groups is 1. The minimum atomic E-state index is -3.60. The first-order chi connectivity index (χ1) is 21.1. The Bertz CT molecular complexity index is 1310. The van der Waals surface area contributed by atoms with Crippen LogP contribution in [0.15, 0.2) is 30.3 Å². The van der Waals surface area contributed by atoms with E-state index in [4.69, 9.17) is 18.3 Å². The first-order valence-electron chi connectivity index (χ1n) is 14.9. The summed E-state index contributed by atoms with van der Waals surface area (Å²) in [6.45, 7) is 9.41. The summed E-state index contributed by atoms with van der Waals surface area (Å²) in [6.07, 6.45) is 3.26. The molecule has 0 N–H and O–H groups in total. The summed E-state index contributed by atoms with van der Waals surface area (Å²) < 4.78 is 22.4. The third-order valence-corrected chi connectivity index (χ3v) is 12.5. The summed E-state index contributed by atoms with van der Waals surface area (Å²) in [7, 11) is -1.50. The topological polar surface area (TPSA) is 141 Å². The van der Waals surface area contributed by atoms with E-state index in [0.717, 1.165) is 25.9 Å². The second-order valence-electron chi connectivity index (χ2n) is 10.7. The number of nitrogens with zero attached hydrogens (tertiary/aromatic N) is 4. The molecular formula is C29H41N4O9PS. The van der Waals surface area contributed by atoms with Crippen molar-refractivity contribution in [2.45, 2.75) is 69.3 Å². The number of β-lactam (4-membered cyclic amide) rings is 1. The molecule has 0 spiro atoms. The fourth-order valence-electron chi connectivity index (χ4n) is 6.05. The van der Waals surface area contributed by atoms with E-state index in [-0.39, 0.29) is 55.5 Å². The Balaban J connectivity index is 1.66. The lowest BCUT2D eigenvalue weighted by atomic mass is 9.97. The number of fused-ring (bicyclic) bond motifs is 2. The molecule has 1 aromatic rings. The number of hydrogen-bond acceptors (Lipinski definition) is 12. The maximum Gasteiger partial charge on any atom is 0.362 e. The number of benzene rings is 1. The number of likely N-dealkylation sites (tertiary alicyclic amines) is 1. The Morgan fingerprint density at radius 1 is 1.18 bits per heavy atom. The zero-order valence-electron chi connectivity index (χ0n) is 25.8. The largest absolute Gasteiger partial charge is 0.456 e. The first-order valence-corrected chi connectivity index (χ1v) is 17.3. The van der Waals surface area contributed by atoms with Crippen molar-refractivity contribution in [1.29, 1.82) is 0 Å². The molecule has 5 atom stereocenters. The second kappa shape index (κ2) is 14.7. The minimum absolute atomic E-state index is 0.000952. The van der Waals surface area contributed by atoms with Gasteiger partial charge in [-0.3, -0.25) is 29.6 Å². The number of likely N-dealkylation sites (N-methyl/N-ethyl adjacent to an activating group) is 1. The van der Waals surface area contributed by atoms with E-state index in [9.17, 15) is 24.5 Å². The van der Waals surface area contributed by atoms with Crippen molar-refractivity contribution in [2.75, 3.05) is 46.5 Å². The Kier molecular flexibility index (Phi) is 11.5. The van der Waals surface area contributed by atoms with Gasteiger partial charge in [-0.15, -0.1) is 11.8 Å². The van der Waals surface area contributed by atoms with Gasteiger partial charge < -0.3 is 18.3 Å². The molecule has 3 aliphatic rings. The Hall–Kier alpha value is -2.54. The third kappa shape index (κ3) is 6.68. The molecule has 3 aliphatic heterocycles. The maximum absolute atomic E-state index is 14.2. The molecule has 5 unspecified atom stereocenters. The van der Waals surface area contributed by atoms with Crippen molar-refractivity contribution in [1.82, 2.24) is 14.7 Å². The molecule has 242 valence electrons. The van der Waals surface area contributed by atoms with Crippen LogP contribution < -0.4 is 0 Å². The number of carbonyl (C=O) groups excluding carboxylic acids is 3. The number of rotatable bonds is 16. The SMILES string of the molecule is CCOP(OCC)(OCC)=C(C(=O)OCc1ccc([N+](=O)[O-])cc1)N1CC(C=C=O)(SC(CC)C2N3CCC(C3)N2C)C1=O. The van der Waals surface area contributed by atoms with E-state index in [0.29, 0.717) is 11.6 Å². The van der Waals surface area contributed by atoms with E-state index in [1.807, 2.05) is 5.94 Å². The van der Waals surface area contributed by atoms with Gasteiger partial charge in [0, 0.05) is 42.6 Å². The molecule has 0 radical (unpaired) electrons. The van der Waals surface area contributed by atoms with Crippen molar-refractivity contribution in [2.24, 2.45) is 0 Å². The Morgan fingerprint density at radius 3 is 2.30 bits per heavy atom. The van der Waals surface area contributed by atoms with Crippen LogP contribution >= 0.6 is 19.3 Å². The van der Waals surface area contributed by atoms with Gasteiger partial charge in [-0.25, -0.2) is 9.59 Å². The third-order valence-electron chi connectivity index (χ3n) is 8.06. The Morgan fingerprint density at radius 2 is 1.82 bits per heavy atom. The van der Waals surface area contributed by atoms with Gasteiger partial charge in [-0.2, -0.15) is 0 Å². The van der Waals surface area contributed by atoms with Crippen molar-refractivity contribution < 1.29 is 37.6 Å². The Labute approximate surface area is 262 Å². The standard InChI is InChI=1S/C29H41N4O9PS/c1-6-24(25-30(5)23-14-16-31(25)18-23)44-29(15-17-34)20-32(28(29)36)26(43(40-7-2,41-8-3)42-9-4)27(35)39-19-21-10-12-22(13-11-21)33(37)38/h10-13,15,23-25H,6-9,14,16,18-20H2,1-5H3. The fourth-order valence-corrected chi connectivity index (χ4v) is 10.1. The van der Waals surface area contributed by atoms with Crippen LogP contribution in [-0.2, 0) is 39.3 Å². The van der Waals surface area contributed by atoms with Gasteiger partial charge in [-0.05, 0) is 58.4 Å². The molecule has 0 aliphatic carbocycles. The van der Waals surface area contributed by atoms with Crippen molar-refractivity contribution >= 4 is 48.3 Å². The molecule has 4 rings (SSSR count). The predicted octanol–water partition coefficient (Wildman–Crippen LogP) is 3.47. The van der Waals surface area contributed by atoms with E-state index >= 15 is 0 Å². The van der Waals surface area contributed by atoms with Crippen LogP contribution in [-0.4, -0.2) is 112 Å². The highest BCUT2D eigenvalue weighted by Gasteiger charge is 2.59. The van der Waals surface area contributed by atoms with Gasteiger partial charge in [0.05, 0.1) is 37.5 Å². The summed E-state index contributed by atoms with van der Waals surface area (Å²) in [5, 5.41) is 11.0. The van der Waals surface area contributed by atoms with Gasteiger partial charge in [0.2, 0.25) is 11.3 Å². The van der Waals surface area contributed by atoms with Crippen molar-refractivity contribution in [3.63, 3.8) is 0 Å². The quantitative estimate of drug-likeness (QED) is 0.0645. The lowest BCUT2D eigenvalue weighted by Crippen LogP contribution is -2.68. The van der Waals surface area contributed by atoms with Crippen molar-refractivity contribution in [3.05, 3.63) is 46.0 Å². The zero-order valence-corrected chi connectivity index (χ0v) is 27.5. The van der Waals surface area contributed by atoms with Crippen LogP contribution in [0.25, 0.3) is 0 Å². The van der Waals surface area contributed by atoms with Crippen LogP contribution in [0.5, 0.6) is 0 Å². The highest BCUT2D eigenvalue weighted by atomic mass is 32.2. The summed E-state index contributed by atoms with van der Waals surface area (Å²) in [4.78, 5) is 56.4. The van der Waals surface area contributed by atoms with Gasteiger partial charge in [0.15, 0.2) is 0 Å². The maximum atomic E-state index is 14.2. The molecular weight excluding hydrogens is 611 g/mol. The van der Waals surface area contributed by atoms with Crippen LogP contribution in [0.3, 0.4) is 0 Å².